The lowest BCUT2D eigenvalue weighted by Crippen LogP contribution is -2.24. The third-order valence-corrected chi connectivity index (χ3v) is 6.87. The largest absolute Gasteiger partial charge is 0.334 e. The van der Waals surface area contributed by atoms with Crippen molar-refractivity contribution in [1.82, 2.24) is 14.0 Å². The van der Waals surface area contributed by atoms with E-state index in [1.54, 1.807) is 4.40 Å². The van der Waals surface area contributed by atoms with Gasteiger partial charge in [-0.25, -0.2) is 4.98 Å². The molecule has 6 heteroatoms. The summed E-state index contributed by atoms with van der Waals surface area (Å²) in [5, 5.41) is 2.79. The van der Waals surface area contributed by atoms with Crippen LogP contribution >= 0.6 is 0 Å². The van der Waals surface area contributed by atoms with Gasteiger partial charge in [-0.1, -0.05) is 69.3 Å². The van der Waals surface area contributed by atoms with Crippen LogP contribution in [0.25, 0.3) is 16.6 Å². The monoisotopic (exact) mass is 490 g/mol. The topological polar surface area (TPSA) is 68.4 Å². The van der Waals surface area contributed by atoms with E-state index >= 15 is 0 Å². The third kappa shape index (κ3) is 4.58. The van der Waals surface area contributed by atoms with Gasteiger partial charge < -0.3 is 14.3 Å². The molecule has 0 fully saturated rings. The molecule has 5 aromatic rings. The Bertz CT molecular complexity index is 1580. The van der Waals surface area contributed by atoms with E-state index in [-0.39, 0.29) is 5.92 Å². The van der Waals surface area contributed by atoms with Crippen LogP contribution in [-0.2, 0) is 11.8 Å². The van der Waals surface area contributed by atoms with Crippen molar-refractivity contribution in [2.24, 2.45) is 7.05 Å². The number of nitrogens with one attached hydrogen (secondary N) is 1. The van der Waals surface area contributed by atoms with E-state index in [9.17, 15) is 9.59 Å². The van der Waals surface area contributed by atoms with E-state index in [4.69, 9.17) is 0 Å². The fourth-order valence-corrected chi connectivity index (χ4v) is 4.89. The van der Waals surface area contributed by atoms with E-state index < -0.39 is 11.7 Å². The van der Waals surface area contributed by atoms with Crippen molar-refractivity contribution in [3.8, 4) is 11.1 Å². The minimum absolute atomic E-state index is 0.136. The van der Waals surface area contributed by atoms with Gasteiger partial charge >= 0.3 is 0 Å². The molecular weight excluding hydrogens is 460 g/mol. The lowest BCUT2D eigenvalue weighted by Gasteiger charge is -2.15. The molecule has 0 spiro atoms. The molecule has 0 aliphatic carbocycles. The number of ketones is 1. The zero-order chi connectivity index (χ0) is 26.1. The molecule has 5 rings (SSSR count). The molecule has 2 aromatic carbocycles. The first-order valence-electron chi connectivity index (χ1n) is 12.5. The first-order chi connectivity index (χ1) is 17.8. The van der Waals surface area contributed by atoms with Crippen molar-refractivity contribution in [2.45, 2.75) is 32.6 Å². The van der Waals surface area contributed by atoms with Gasteiger partial charge in [0, 0.05) is 53.7 Å². The maximum absolute atomic E-state index is 13.4. The molecule has 0 aliphatic rings. The molecule has 0 saturated carbocycles. The van der Waals surface area contributed by atoms with Gasteiger partial charge in [0.05, 0.1) is 0 Å². The maximum Gasteiger partial charge on any atom is 0.298 e. The maximum atomic E-state index is 13.4. The number of carbonyl (C=O) groups excluding carboxylic acids is 2. The van der Waals surface area contributed by atoms with E-state index in [0.717, 1.165) is 33.7 Å². The van der Waals surface area contributed by atoms with Gasteiger partial charge in [0.1, 0.15) is 11.5 Å². The number of benzene rings is 2. The van der Waals surface area contributed by atoms with Crippen LogP contribution in [0.1, 0.15) is 60.2 Å². The van der Waals surface area contributed by atoms with Crippen LogP contribution in [0.15, 0.2) is 91.3 Å². The second-order valence-electron chi connectivity index (χ2n) is 9.65. The fraction of sp³-hybridized carbons (Fsp3) is 0.194. The van der Waals surface area contributed by atoms with Gasteiger partial charge in [0.15, 0.2) is 0 Å². The highest BCUT2D eigenvalue weighted by molar-refractivity contribution is 6.47. The van der Waals surface area contributed by atoms with Crippen LogP contribution in [0, 0.1) is 0 Å². The second kappa shape index (κ2) is 9.90. The summed E-state index contributed by atoms with van der Waals surface area (Å²) in [6, 6.07) is 24.9. The summed E-state index contributed by atoms with van der Waals surface area (Å²) in [5.41, 5.74) is 5.62. The first kappa shape index (κ1) is 24.3. The molecule has 186 valence electrons. The van der Waals surface area contributed by atoms with Crippen LogP contribution < -0.4 is 5.32 Å². The molecule has 0 saturated heterocycles. The molecule has 3 heterocycles. The average Bonchev–Trinajstić information content (AvgIpc) is 3.49. The lowest BCUT2D eigenvalue weighted by atomic mass is 9.97. The van der Waals surface area contributed by atoms with E-state index in [1.165, 1.54) is 0 Å². The Balaban J connectivity index is 1.38. The summed E-state index contributed by atoms with van der Waals surface area (Å²) in [5.74, 6) is 0.281. The summed E-state index contributed by atoms with van der Waals surface area (Å²) in [7, 11) is 2.05. The van der Waals surface area contributed by atoms with Gasteiger partial charge in [0.2, 0.25) is 0 Å². The summed E-state index contributed by atoms with van der Waals surface area (Å²) in [4.78, 5) is 31.1. The number of anilines is 1. The number of aromatic nitrogens is 3. The smallest absolute Gasteiger partial charge is 0.298 e. The molecule has 1 atom stereocenters. The quantitative estimate of drug-likeness (QED) is 0.211. The normalized spacial score (nSPS) is 12.1. The number of pyridine rings is 1. The Morgan fingerprint density at radius 2 is 1.59 bits per heavy atom. The van der Waals surface area contributed by atoms with Gasteiger partial charge in [-0.2, -0.15) is 0 Å². The molecule has 1 unspecified atom stereocenters. The fourth-order valence-electron chi connectivity index (χ4n) is 4.89. The Morgan fingerprint density at radius 1 is 0.892 bits per heavy atom. The number of rotatable bonds is 7. The van der Waals surface area contributed by atoms with E-state index in [2.05, 4.69) is 35.6 Å². The highest BCUT2D eigenvalue weighted by Crippen LogP contribution is 2.29. The minimum Gasteiger partial charge on any atom is -0.334 e. The van der Waals surface area contributed by atoms with Crippen LogP contribution in [0.5, 0.6) is 0 Å². The highest BCUT2D eigenvalue weighted by Gasteiger charge is 2.25. The first-order valence-corrected chi connectivity index (χ1v) is 12.5. The van der Waals surface area contributed by atoms with Crippen LogP contribution in [-0.4, -0.2) is 25.6 Å². The molecular formula is C31H30N4O2. The third-order valence-electron chi connectivity index (χ3n) is 6.87. The zero-order valence-electron chi connectivity index (χ0n) is 21.5. The van der Waals surface area contributed by atoms with Crippen LogP contribution in [0.3, 0.4) is 0 Å². The Kier molecular flexibility index (Phi) is 6.49. The van der Waals surface area contributed by atoms with Crippen molar-refractivity contribution >= 4 is 22.9 Å². The van der Waals surface area contributed by atoms with Crippen molar-refractivity contribution in [3.05, 3.63) is 114 Å². The lowest BCUT2D eigenvalue weighted by molar-refractivity contribution is -0.112. The number of hydrogen-bond donors (Lipinski definition) is 1. The van der Waals surface area contributed by atoms with Gasteiger partial charge in [-0.05, 0) is 41.5 Å². The van der Waals surface area contributed by atoms with Gasteiger partial charge in [-0.15, -0.1) is 0 Å². The Hall–Kier alpha value is -4.45. The molecule has 0 bridgehead atoms. The molecule has 37 heavy (non-hydrogen) atoms. The van der Waals surface area contributed by atoms with Gasteiger partial charge in [-0.3, -0.25) is 9.59 Å². The summed E-state index contributed by atoms with van der Waals surface area (Å²) < 4.78 is 3.92. The number of fused-ring (bicyclic) bond motifs is 1. The SMILES string of the molecule is CC(C)c1ncc(C(C)c2ccc(NC(=O)C(=O)c3c(-c4ccccc4)cc4ccccn34)cc2)n1C. The van der Waals surface area contributed by atoms with E-state index in [0.29, 0.717) is 17.3 Å². The Morgan fingerprint density at radius 3 is 2.27 bits per heavy atom. The predicted octanol–water partition coefficient (Wildman–Crippen LogP) is 6.44. The van der Waals surface area contributed by atoms with Crippen molar-refractivity contribution < 1.29 is 9.59 Å². The van der Waals surface area contributed by atoms with Crippen LogP contribution in [0.4, 0.5) is 5.69 Å². The number of amides is 1. The predicted molar refractivity (Wildman–Crippen MR) is 147 cm³/mol. The van der Waals surface area contributed by atoms with Crippen molar-refractivity contribution in [2.75, 3.05) is 5.32 Å². The molecule has 3 aromatic heterocycles. The number of imidazole rings is 1. The number of carbonyl (C=O) groups is 2. The Labute approximate surface area is 216 Å². The molecule has 1 N–H and O–H groups in total. The van der Waals surface area contributed by atoms with Crippen LogP contribution in [0.2, 0.25) is 0 Å². The average molecular weight is 491 g/mol. The molecule has 0 radical (unpaired) electrons. The zero-order valence-corrected chi connectivity index (χ0v) is 21.5. The standard InChI is InChI=1S/C31H30N4O2/c1-20(2)30-32-19-27(34(30)4)21(3)22-13-15-24(16-14-22)33-31(37)29(36)28-26(23-10-6-5-7-11-23)18-25-12-8-9-17-35(25)28/h5-21H,1-4H3,(H,33,37). The number of hydrogen-bond acceptors (Lipinski definition) is 3. The molecule has 6 nitrogen and oxygen atoms in total. The van der Waals surface area contributed by atoms with E-state index in [1.807, 2.05) is 98.3 Å². The van der Waals surface area contributed by atoms with Crippen molar-refractivity contribution in [1.29, 1.82) is 0 Å². The summed E-state index contributed by atoms with van der Waals surface area (Å²) >= 11 is 0. The number of Topliss-reactive ketones (excluding diaryl/α,β-unsaturated/α-hetero) is 1. The summed E-state index contributed by atoms with van der Waals surface area (Å²) in [6.45, 7) is 6.41. The van der Waals surface area contributed by atoms with Crippen molar-refractivity contribution in [3.63, 3.8) is 0 Å². The second-order valence-corrected chi connectivity index (χ2v) is 9.65. The van der Waals surface area contributed by atoms with Gasteiger partial charge in [0.25, 0.3) is 11.7 Å². The molecule has 1 amide bonds. The summed E-state index contributed by atoms with van der Waals surface area (Å²) in [6.07, 6.45) is 3.74. The number of nitrogens with zero attached hydrogens (tertiary/aromatic N) is 3. The minimum atomic E-state index is -0.671. The molecule has 0 aliphatic heterocycles. The highest BCUT2D eigenvalue weighted by atomic mass is 16.2.